The van der Waals surface area contributed by atoms with E-state index in [1.165, 1.54) is 16.6 Å². The normalized spacial score (nSPS) is 10.7. The van der Waals surface area contributed by atoms with Crippen LogP contribution in [0.4, 0.5) is 5.82 Å². The van der Waals surface area contributed by atoms with Gasteiger partial charge in [0.2, 0.25) is 5.91 Å². The zero-order valence-corrected chi connectivity index (χ0v) is 13.0. The van der Waals surface area contributed by atoms with Crippen LogP contribution in [0.2, 0.25) is 0 Å². The topological polar surface area (TPSA) is 80.9 Å². The summed E-state index contributed by atoms with van der Waals surface area (Å²) in [5.74, 6) is 0.670. The lowest BCUT2D eigenvalue weighted by Gasteiger charge is -2.03. The van der Waals surface area contributed by atoms with Crippen molar-refractivity contribution in [2.45, 2.75) is 19.0 Å². The number of nitrogens with two attached hydrogens (primary N) is 1. The minimum absolute atomic E-state index is 0.0734. The molecule has 20 heavy (non-hydrogen) atoms. The molecule has 2 heterocycles. The van der Waals surface area contributed by atoms with Crippen LogP contribution in [-0.4, -0.2) is 28.2 Å². The number of carbonyl (C=O) groups is 1. The van der Waals surface area contributed by atoms with Crippen LogP contribution in [0.15, 0.2) is 17.8 Å². The molecule has 7 heteroatoms. The smallest absolute Gasteiger partial charge is 0.230 e. The summed E-state index contributed by atoms with van der Waals surface area (Å²) in [4.78, 5) is 22.3. The van der Waals surface area contributed by atoms with Crippen LogP contribution < -0.4 is 11.1 Å². The van der Waals surface area contributed by atoms with E-state index in [-0.39, 0.29) is 11.7 Å². The van der Waals surface area contributed by atoms with Gasteiger partial charge in [-0.25, -0.2) is 9.97 Å². The van der Waals surface area contributed by atoms with Crippen LogP contribution in [0.25, 0.3) is 10.2 Å². The van der Waals surface area contributed by atoms with Crippen LogP contribution in [0.1, 0.15) is 10.4 Å². The van der Waals surface area contributed by atoms with Gasteiger partial charge in [0.1, 0.15) is 10.6 Å². The summed E-state index contributed by atoms with van der Waals surface area (Å²) in [6.45, 7) is 8.06. The molecular weight excluding hydrogens is 292 g/mol. The molecule has 2 rings (SSSR count). The van der Waals surface area contributed by atoms with Crippen molar-refractivity contribution in [2.24, 2.45) is 0 Å². The highest BCUT2D eigenvalue weighted by molar-refractivity contribution is 7.99. The minimum atomic E-state index is -0.0734. The monoisotopic (exact) mass is 308 g/mol. The molecule has 0 bridgehead atoms. The Labute approximate surface area is 125 Å². The highest BCUT2D eigenvalue weighted by Crippen LogP contribution is 2.33. The first-order chi connectivity index (χ1) is 9.52. The lowest BCUT2D eigenvalue weighted by atomic mass is 10.2. The van der Waals surface area contributed by atoms with E-state index in [0.29, 0.717) is 17.5 Å². The largest absolute Gasteiger partial charge is 0.383 e. The second kappa shape index (κ2) is 6.23. The Morgan fingerprint density at radius 3 is 2.95 bits per heavy atom. The first kappa shape index (κ1) is 14.8. The van der Waals surface area contributed by atoms with Crippen molar-refractivity contribution in [2.75, 3.05) is 18.0 Å². The third-order valence-corrected chi connectivity index (χ3v) is 4.76. The highest BCUT2D eigenvalue weighted by Gasteiger charge is 2.13. The van der Waals surface area contributed by atoms with Crippen molar-refractivity contribution in [1.82, 2.24) is 15.3 Å². The van der Waals surface area contributed by atoms with Crippen molar-refractivity contribution in [1.29, 1.82) is 0 Å². The summed E-state index contributed by atoms with van der Waals surface area (Å²) < 4.78 is 0. The molecule has 0 unspecified atom stereocenters. The third-order valence-electron chi connectivity index (χ3n) is 2.81. The van der Waals surface area contributed by atoms with E-state index in [4.69, 9.17) is 5.73 Å². The van der Waals surface area contributed by atoms with Gasteiger partial charge in [0.15, 0.2) is 5.16 Å². The van der Waals surface area contributed by atoms with E-state index in [1.54, 1.807) is 17.4 Å². The molecule has 0 aromatic carbocycles. The van der Waals surface area contributed by atoms with E-state index < -0.39 is 0 Å². The third kappa shape index (κ3) is 3.10. The molecule has 0 aliphatic rings. The first-order valence-corrected chi connectivity index (χ1v) is 7.86. The van der Waals surface area contributed by atoms with Crippen LogP contribution in [-0.2, 0) is 4.79 Å². The summed E-state index contributed by atoms with van der Waals surface area (Å²) in [6.07, 6.45) is 1.64. The average molecular weight is 308 g/mol. The molecule has 0 aliphatic heterocycles. The molecule has 0 radical (unpaired) electrons. The number of fused-ring (bicyclic) bond motifs is 1. The van der Waals surface area contributed by atoms with Gasteiger partial charge in [-0.05, 0) is 19.4 Å². The number of hydrogen-bond acceptors (Lipinski definition) is 6. The van der Waals surface area contributed by atoms with Gasteiger partial charge in [-0.3, -0.25) is 4.79 Å². The van der Waals surface area contributed by atoms with Gasteiger partial charge < -0.3 is 11.1 Å². The Kier molecular flexibility index (Phi) is 4.61. The minimum Gasteiger partial charge on any atom is -0.383 e. The number of thiophene rings is 1. The molecule has 0 fully saturated rings. The Morgan fingerprint density at radius 1 is 1.50 bits per heavy atom. The number of nitrogen functional groups attached to an aromatic ring is 1. The fourth-order valence-corrected chi connectivity index (χ4v) is 3.47. The summed E-state index contributed by atoms with van der Waals surface area (Å²) in [7, 11) is 0. The Morgan fingerprint density at radius 2 is 2.25 bits per heavy atom. The summed E-state index contributed by atoms with van der Waals surface area (Å²) >= 11 is 2.88. The van der Waals surface area contributed by atoms with Gasteiger partial charge in [0, 0.05) is 11.4 Å². The Hall–Kier alpha value is -1.60. The quantitative estimate of drug-likeness (QED) is 0.503. The molecule has 0 atom stereocenters. The summed E-state index contributed by atoms with van der Waals surface area (Å²) in [5.41, 5.74) is 7.11. The number of amides is 1. The van der Waals surface area contributed by atoms with E-state index in [0.717, 1.165) is 15.8 Å². The van der Waals surface area contributed by atoms with Gasteiger partial charge in [0.05, 0.1) is 11.1 Å². The Balaban J connectivity index is 2.15. The lowest BCUT2D eigenvalue weighted by Crippen LogP contribution is -2.25. The number of aromatic nitrogens is 2. The molecule has 2 aromatic rings. The lowest BCUT2D eigenvalue weighted by molar-refractivity contribution is -0.118. The van der Waals surface area contributed by atoms with E-state index in [1.807, 2.05) is 13.8 Å². The number of hydrogen-bond donors (Lipinski definition) is 2. The van der Waals surface area contributed by atoms with Crippen LogP contribution in [0.5, 0.6) is 0 Å². The predicted octanol–water partition coefficient (Wildman–Crippen LogP) is 2.28. The van der Waals surface area contributed by atoms with Crippen molar-refractivity contribution < 1.29 is 4.79 Å². The van der Waals surface area contributed by atoms with E-state index >= 15 is 0 Å². The van der Waals surface area contributed by atoms with Gasteiger partial charge >= 0.3 is 0 Å². The zero-order valence-electron chi connectivity index (χ0n) is 11.4. The summed E-state index contributed by atoms with van der Waals surface area (Å²) in [5, 5.41) is 4.16. The number of aryl methyl sites for hydroxylation is 2. The average Bonchev–Trinajstić information content (AvgIpc) is 2.69. The van der Waals surface area contributed by atoms with Gasteiger partial charge in [-0.1, -0.05) is 17.8 Å². The molecule has 106 valence electrons. The molecular formula is C13H16N4OS2. The van der Waals surface area contributed by atoms with E-state index in [2.05, 4.69) is 21.9 Å². The molecule has 0 saturated heterocycles. The summed E-state index contributed by atoms with van der Waals surface area (Å²) in [6, 6.07) is 0. The SMILES string of the molecule is C=CCNC(=O)CSc1nc(N)c2c(C)c(C)sc2n1. The van der Waals surface area contributed by atoms with Crippen LogP contribution in [0, 0.1) is 13.8 Å². The van der Waals surface area contributed by atoms with Crippen LogP contribution in [0.3, 0.4) is 0 Å². The molecule has 0 saturated carbocycles. The molecule has 0 spiro atoms. The fourth-order valence-electron chi connectivity index (χ4n) is 1.69. The standard InChI is InChI=1S/C13H16N4OS2/c1-4-5-15-9(18)6-19-13-16-11(14)10-7(2)8(3)20-12(10)17-13/h4H,1,5-6H2,2-3H3,(H,15,18)(H2,14,16,17). The number of nitrogens with one attached hydrogen (secondary N) is 1. The maximum atomic E-state index is 11.5. The Bertz CT molecular complexity index is 666. The first-order valence-electron chi connectivity index (χ1n) is 6.06. The second-order valence-electron chi connectivity index (χ2n) is 4.24. The molecule has 1 amide bonds. The zero-order chi connectivity index (χ0) is 14.7. The second-order valence-corrected chi connectivity index (χ2v) is 6.38. The van der Waals surface area contributed by atoms with Crippen molar-refractivity contribution in [3.05, 3.63) is 23.1 Å². The van der Waals surface area contributed by atoms with E-state index in [9.17, 15) is 4.79 Å². The number of rotatable bonds is 5. The number of thioether (sulfide) groups is 1. The van der Waals surface area contributed by atoms with Crippen LogP contribution >= 0.6 is 23.1 Å². The highest BCUT2D eigenvalue weighted by atomic mass is 32.2. The maximum Gasteiger partial charge on any atom is 0.230 e. The van der Waals surface area contributed by atoms with Crippen molar-refractivity contribution >= 4 is 45.0 Å². The van der Waals surface area contributed by atoms with Gasteiger partial charge in [0.25, 0.3) is 0 Å². The maximum absolute atomic E-state index is 11.5. The molecule has 3 N–H and O–H groups in total. The molecule has 5 nitrogen and oxygen atoms in total. The van der Waals surface area contributed by atoms with Gasteiger partial charge in [-0.2, -0.15) is 0 Å². The molecule has 0 aliphatic carbocycles. The fraction of sp³-hybridized carbons (Fsp3) is 0.308. The van der Waals surface area contributed by atoms with Crippen molar-refractivity contribution in [3.8, 4) is 0 Å². The predicted molar refractivity (Wildman–Crippen MR) is 85.2 cm³/mol. The number of carbonyl (C=O) groups excluding carboxylic acids is 1. The number of anilines is 1. The van der Waals surface area contributed by atoms with Crippen molar-refractivity contribution in [3.63, 3.8) is 0 Å². The van der Waals surface area contributed by atoms with Gasteiger partial charge in [-0.15, -0.1) is 17.9 Å². The number of nitrogens with zero attached hydrogens (tertiary/aromatic N) is 2. The molecule has 2 aromatic heterocycles.